The molecule has 4 heterocycles. The van der Waals surface area contributed by atoms with Gasteiger partial charge in [-0.2, -0.15) is 0 Å². The van der Waals surface area contributed by atoms with Gasteiger partial charge in [0.25, 0.3) is 0 Å². The second kappa shape index (κ2) is 34.8. The monoisotopic (exact) mass is 973 g/mol. The van der Waals surface area contributed by atoms with Crippen LogP contribution in [0.1, 0.15) is 187 Å². The molecule has 0 radical (unpaired) electrons. The van der Waals surface area contributed by atoms with Gasteiger partial charge in [0.2, 0.25) is 0 Å². The van der Waals surface area contributed by atoms with E-state index in [1.54, 1.807) is 0 Å². The minimum atomic E-state index is 0.427. The lowest BCUT2D eigenvalue weighted by molar-refractivity contribution is 0.201. The summed E-state index contributed by atoms with van der Waals surface area (Å²) >= 11 is 0. The molecule has 0 aliphatic heterocycles. The van der Waals surface area contributed by atoms with Gasteiger partial charge < -0.3 is 9.47 Å². The van der Waals surface area contributed by atoms with E-state index in [9.17, 15) is 0 Å². The molecule has 0 bridgehead atoms. The van der Waals surface area contributed by atoms with Crippen molar-refractivity contribution in [1.29, 1.82) is 0 Å². The number of nitrogens with zero attached hydrogens (tertiary/aromatic N) is 6. The molecule has 4 aromatic heterocycles. The summed E-state index contributed by atoms with van der Waals surface area (Å²) in [6, 6.07) is 38.3. The third-order valence-corrected chi connectivity index (χ3v) is 13.7. The van der Waals surface area contributed by atoms with Crippen LogP contribution in [0.2, 0.25) is 0 Å². The molecular weight excluding hydrogens is 885 g/mol. The van der Waals surface area contributed by atoms with E-state index in [1.807, 2.05) is 49.1 Å². The molecule has 6 aromatic rings. The van der Waals surface area contributed by atoms with E-state index in [4.69, 9.17) is 29.4 Å². The molecule has 72 heavy (non-hydrogen) atoms. The summed E-state index contributed by atoms with van der Waals surface area (Å²) in [7, 11) is 0. The molecule has 8 nitrogen and oxygen atoms in total. The van der Waals surface area contributed by atoms with Crippen LogP contribution < -0.4 is 9.47 Å². The molecule has 0 atom stereocenters. The van der Waals surface area contributed by atoms with Crippen molar-refractivity contribution in [2.45, 2.75) is 194 Å². The van der Waals surface area contributed by atoms with Crippen LogP contribution in [0, 0.1) is 0 Å². The van der Waals surface area contributed by atoms with Crippen molar-refractivity contribution >= 4 is 0 Å². The summed E-state index contributed by atoms with van der Waals surface area (Å²) in [6.45, 7) is 9.69. The Morgan fingerprint density at radius 3 is 0.931 bits per heavy atom. The van der Waals surface area contributed by atoms with Gasteiger partial charge in [0.05, 0.1) is 22.8 Å². The molecule has 0 unspecified atom stereocenters. The first-order valence-corrected chi connectivity index (χ1v) is 28.2. The zero-order valence-electron chi connectivity index (χ0n) is 44.4. The summed E-state index contributed by atoms with van der Waals surface area (Å²) in [5.74, 6) is 1.81. The number of hydrogen-bond donors (Lipinski definition) is 0. The first-order valence-electron chi connectivity index (χ1n) is 28.2. The van der Waals surface area contributed by atoms with Crippen LogP contribution in [0.4, 0.5) is 0 Å². The Labute approximate surface area is 435 Å². The summed E-state index contributed by atoms with van der Waals surface area (Å²) in [6.07, 6.45) is 36.4. The van der Waals surface area contributed by atoms with Crippen molar-refractivity contribution in [2.75, 3.05) is 13.2 Å². The zero-order chi connectivity index (χ0) is 49.9. The smallest absolute Gasteiger partial charge is 0.123 e. The molecule has 8 heteroatoms. The van der Waals surface area contributed by atoms with Crippen molar-refractivity contribution in [3.05, 3.63) is 179 Å². The summed E-state index contributed by atoms with van der Waals surface area (Å²) in [5, 5.41) is 0. The molecule has 0 aliphatic carbocycles. The van der Waals surface area contributed by atoms with Crippen LogP contribution in [0.15, 0.2) is 134 Å². The lowest BCUT2D eigenvalue weighted by Gasteiger charge is -2.24. The first-order chi connectivity index (χ1) is 35.6. The Bertz CT molecular complexity index is 2030. The average Bonchev–Trinajstić information content (AvgIpc) is 3.40. The number of aryl methyl sites for hydroxylation is 2. The van der Waals surface area contributed by atoms with Gasteiger partial charge in [-0.05, 0) is 97.5 Å². The molecular formula is C64H88N6O2. The highest BCUT2D eigenvalue weighted by atomic mass is 16.5. The second-order valence-corrected chi connectivity index (χ2v) is 20.0. The van der Waals surface area contributed by atoms with Crippen LogP contribution in [0.5, 0.6) is 11.5 Å². The third kappa shape index (κ3) is 22.5. The zero-order valence-corrected chi connectivity index (χ0v) is 44.4. The Balaban J connectivity index is 1.14. The van der Waals surface area contributed by atoms with Crippen molar-refractivity contribution < 1.29 is 9.47 Å². The number of benzene rings is 2. The molecule has 6 rings (SSSR count). The van der Waals surface area contributed by atoms with Crippen molar-refractivity contribution in [2.24, 2.45) is 0 Å². The summed E-state index contributed by atoms with van der Waals surface area (Å²) < 4.78 is 13.5. The second-order valence-electron chi connectivity index (χ2n) is 20.0. The number of unbranched alkanes of at least 4 members (excludes halogenated alkanes) is 18. The Morgan fingerprint density at radius 2 is 0.639 bits per heavy atom. The standard InChI is InChI=1S/C64H88N6O2/c1-3-5-7-9-11-13-15-17-19-21-31-55-37-39-63(57(47-55)49-69(51-59-33-23-27-41-65-59)52-60-34-24-28-42-66-60)71-45-46-72-64-40-38-56(32-22-20-18-16-14-12-10-8-6-4-2)48-58(64)50-70(53-61-35-25-29-43-67-61)54-62-36-26-30-44-68-62/h23-30,33-44,47-48H,3-22,31-32,45-46,49-54H2,1-2H3. The van der Waals surface area contributed by atoms with E-state index < -0.39 is 0 Å². The van der Waals surface area contributed by atoms with Gasteiger partial charge in [-0.1, -0.05) is 178 Å². The highest BCUT2D eigenvalue weighted by molar-refractivity contribution is 5.39. The predicted octanol–water partition coefficient (Wildman–Crippen LogP) is 16.1. The van der Waals surface area contributed by atoms with E-state index in [2.05, 4.69) is 109 Å². The largest absolute Gasteiger partial charge is 0.490 e. The van der Waals surface area contributed by atoms with E-state index in [1.165, 1.54) is 151 Å². The van der Waals surface area contributed by atoms with Crippen LogP contribution in [-0.2, 0) is 52.1 Å². The molecule has 0 amide bonds. The van der Waals surface area contributed by atoms with E-state index in [0.717, 1.165) is 47.1 Å². The van der Waals surface area contributed by atoms with Crippen molar-refractivity contribution in [3.8, 4) is 11.5 Å². The fourth-order valence-electron chi connectivity index (χ4n) is 9.74. The average molecular weight is 973 g/mol. The lowest BCUT2D eigenvalue weighted by Crippen LogP contribution is -2.24. The van der Waals surface area contributed by atoms with Crippen LogP contribution >= 0.6 is 0 Å². The maximum absolute atomic E-state index is 6.73. The molecule has 0 N–H and O–H groups in total. The van der Waals surface area contributed by atoms with Gasteiger partial charge in [0.1, 0.15) is 24.7 Å². The Morgan fingerprint density at radius 1 is 0.333 bits per heavy atom. The molecule has 0 fully saturated rings. The summed E-state index contributed by atoms with van der Waals surface area (Å²) in [5.41, 5.74) is 9.25. The minimum Gasteiger partial charge on any atom is -0.490 e. The Kier molecular flexibility index (Phi) is 27.0. The normalized spacial score (nSPS) is 11.4. The van der Waals surface area contributed by atoms with E-state index in [-0.39, 0.29) is 0 Å². The van der Waals surface area contributed by atoms with Crippen LogP contribution in [-0.4, -0.2) is 42.9 Å². The molecule has 0 saturated carbocycles. The highest BCUT2D eigenvalue weighted by Crippen LogP contribution is 2.28. The Hall–Kier alpha value is -5.44. The lowest BCUT2D eigenvalue weighted by atomic mass is 10.0. The third-order valence-electron chi connectivity index (χ3n) is 13.7. The molecule has 0 spiro atoms. The minimum absolute atomic E-state index is 0.427. The van der Waals surface area contributed by atoms with Gasteiger partial charge in [0, 0.05) is 75.2 Å². The fourth-order valence-corrected chi connectivity index (χ4v) is 9.74. The number of ether oxygens (including phenoxy) is 2. The topological polar surface area (TPSA) is 76.5 Å². The van der Waals surface area contributed by atoms with Crippen LogP contribution in [0.3, 0.4) is 0 Å². The predicted molar refractivity (Wildman–Crippen MR) is 298 cm³/mol. The number of aromatic nitrogens is 4. The van der Waals surface area contributed by atoms with Gasteiger partial charge in [-0.25, -0.2) is 0 Å². The number of rotatable bonds is 39. The van der Waals surface area contributed by atoms with Gasteiger partial charge >= 0.3 is 0 Å². The SMILES string of the molecule is CCCCCCCCCCCCc1ccc(OCCOc2ccc(CCCCCCCCCCCC)cc2CN(Cc2ccccn2)Cc2ccccn2)c(CN(Cc2ccccn2)Cc2ccccn2)c1. The van der Waals surface area contributed by atoms with Crippen LogP contribution in [0.25, 0.3) is 0 Å². The molecule has 386 valence electrons. The maximum atomic E-state index is 6.73. The highest BCUT2D eigenvalue weighted by Gasteiger charge is 2.17. The molecule has 2 aromatic carbocycles. The molecule has 0 saturated heterocycles. The van der Waals surface area contributed by atoms with Crippen molar-refractivity contribution in [3.63, 3.8) is 0 Å². The maximum Gasteiger partial charge on any atom is 0.123 e. The summed E-state index contributed by atoms with van der Waals surface area (Å²) in [4.78, 5) is 23.7. The quantitative estimate of drug-likeness (QED) is 0.0354. The fraction of sp³-hybridized carbons (Fsp3) is 0.500. The van der Waals surface area contributed by atoms with E-state index >= 15 is 0 Å². The molecule has 0 aliphatic rings. The number of hydrogen-bond acceptors (Lipinski definition) is 8. The van der Waals surface area contributed by atoms with Gasteiger partial charge in [0.15, 0.2) is 0 Å². The number of pyridine rings is 4. The first kappa shape index (κ1) is 55.9. The van der Waals surface area contributed by atoms with Gasteiger partial charge in [-0.15, -0.1) is 0 Å². The van der Waals surface area contributed by atoms with E-state index in [0.29, 0.717) is 52.5 Å². The van der Waals surface area contributed by atoms with Gasteiger partial charge in [-0.3, -0.25) is 29.7 Å². The van der Waals surface area contributed by atoms with Crippen molar-refractivity contribution in [1.82, 2.24) is 29.7 Å².